The SMILES string of the molecule is C[Si](F)(F)CC(C#N)CC#N. The zero-order valence-corrected chi connectivity index (χ0v) is 7.14. The van der Waals surface area contributed by atoms with E-state index >= 15 is 0 Å². The Labute approximate surface area is 65.4 Å². The molecule has 2 nitrogen and oxygen atoms in total. The number of nitrogens with zero attached hydrogens (tertiary/aromatic N) is 2. The highest BCUT2D eigenvalue weighted by molar-refractivity contribution is 6.64. The molecule has 0 aliphatic heterocycles. The summed E-state index contributed by atoms with van der Waals surface area (Å²) in [5, 5.41) is 16.4. The summed E-state index contributed by atoms with van der Waals surface area (Å²) in [4.78, 5) is 0. The van der Waals surface area contributed by atoms with Gasteiger partial charge in [0.15, 0.2) is 0 Å². The minimum Gasteiger partial charge on any atom is -0.271 e. The molecule has 0 aromatic rings. The molecule has 5 heteroatoms. The van der Waals surface area contributed by atoms with E-state index in [4.69, 9.17) is 10.5 Å². The quantitative estimate of drug-likeness (QED) is 0.485. The fraction of sp³-hybridized carbons (Fsp3) is 0.667. The van der Waals surface area contributed by atoms with Crippen LogP contribution in [0.15, 0.2) is 0 Å². The first kappa shape index (κ1) is 10.1. The molecule has 11 heavy (non-hydrogen) atoms. The van der Waals surface area contributed by atoms with Gasteiger partial charge in [-0.15, -0.1) is 0 Å². The second kappa shape index (κ2) is 4.04. The molecule has 0 aromatic carbocycles. The van der Waals surface area contributed by atoms with Crippen LogP contribution >= 0.6 is 0 Å². The fourth-order valence-electron chi connectivity index (χ4n) is 0.706. The molecular formula is C6H8F2N2Si. The zero-order valence-electron chi connectivity index (χ0n) is 6.14. The second-order valence-electron chi connectivity index (χ2n) is 2.46. The van der Waals surface area contributed by atoms with Crippen molar-refractivity contribution in [3.8, 4) is 12.1 Å². The molecule has 0 saturated carbocycles. The largest absolute Gasteiger partial charge is 0.423 e. The van der Waals surface area contributed by atoms with Crippen LogP contribution in [-0.2, 0) is 0 Å². The molecule has 0 bridgehead atoms. The standard InChI is InChI=1S/C6H8F2N2Si/c1-11(7,8)5-6(4-10)2-3-9/h6H,2,5H2,1H3. The third-order valence-corrected chi connectivity index (χ3v) is 2.33. The van der Waals surface area contributed by atoms with Gasteiger partial charge in [0.1, 0.15) is 0 Å². The Bertz CT molecular complexity index is 198. The van der Waals surface area contributed by atoms with Crippen LogP contribution in [0, 0.1) is 28.6 Å². The molecule has 0 fully saturated rings. The van der Waals surface area contributed by atoms with Crippen molar-refractivity contribution in [1.82, 2.24) is 0 Å². The van der Waals surface area contributed by atoms with Crippen molar-refractivity contribution in [1.29, 1.82) is 10.5 Å². The third kappa shape index (κ3) is 5.50. The Hall–Kier alpha value is -0.943. The monoisotopic (exact) mass is 174 g/mol. The van der Waals surface area contributed by atoms with Crippen LogP contribution in [0.5, 0.6) is 0 Å². The molecule has 0 heterocycles. The van der Waals surface area contributed by atoms with Crippen LogP contribution in [0.1, 0.15) is 6.42 Å². The smallest absolute Gasteiger partial charge is 0.271 e. The lowest BCUT2D eigenvalue weighted by atomic mass is 10.1. The van der Waals surface area contributed by atoms with E-state index in [-0.39, 0.29) is 6.42 Å². The van der Waals surface area contributed by atoms with E-state index in [2.05, 4.69) is 0 Å². The van der Waals surface area contributed by atoms with Crippen molar-refractivity contribution in [3.05, 3.63) is 0 Å². The van der Waals surface area contributed by atoms with Gasteiger partial charge in [0.2, 0.25) is 0 Å². The number of rotatable bonds is 3. The van der Waals surface area contributed by atoms with Crippen molar-refractivity contribution >= 4 is 8.74 Å². The first-order valence-electron chi connectivity index (χ1n) is 3.14. The van der Waals surface area contributed by atoms with Crippen molar-refractivity contribution in [3.63, 3.8) is 0 Å². The number of hydrogen-bond acceptors (Lipinski definition) is 2. The van der Waals surface area contributed by atoms with Gasteiger partial charge >= 0.3 is 8.74 Å². The summed E-state index contributed by atoms with van der Waals surface area (Å²) in [5.74, 6) is -0.785. The number of halogens is 2. The normalized spacial score (nSPS) is 13.2. The Balaban J connectivity index is 3.93. The van der Waals surface area contributed by atoms with Crippen molar-refractivity contribution < 1.29 is 8.22 Å². The van der Waals surface area contributed by atoms with Crippen LogP contribution in [-0.4, -0.2) is 8.74 Å². The average molecular weight is 174 g/mol. The Morgan fingerprint density at radius 1 is 1.45 bits per heavy atom. The highest BCUT2D eigenvalue weighted by atomic mass is 28.4. The van der Waals surface area contributed by atoms with Crippen LogP contribution in [0.2, 0.25) is 12.6 Å². The van der Waals surface area contributed by atoms with Crippen LogP contribution in [0.25, 0.3) is 0 Å². The predicted molar refractivity (Wildman–Crippen MR) is 38.0 cm³/mol. The van der Waals surface area contributed by atoms with Crippen molar-refractivity contribution in [2.75, 3.05) is 0 Å². The molecular weight excluding hydrogens is 166 g/mol. The summed E-state index contributed by atoms with van der Waals surface area (Å²) in [6, 6.07) is 3.01. The molecule has 0 amide bonds. The molecule has 0 spiro atoms. The molecule has 0 N–H and O–H groups in total. The van der Waals surface area contributed by atoms with Gasteiger partial charge in [0.05, 0.1) is 24.5 Å². The summed E-state index contributed by atoms with van der Waals surface area (Å²) < 4.78 is 24.7. The molecule has 0 saturated heterocycles. The molecule has 60 valence electrons. The van der Waals surface area contributed by atoms with E-state index in [0.29, 0.717) is 0 Å². The maximum absolute atomic E-state index is 12.4. The van der Waals surface area contributed by atoms with Crippen LogP contribution in [0.4, 0.5) is 8.22 Å². The lowest BCUT2D eigenvalue weighted by Crippen LogP contribution is -2.20. The minimum atomic E-state index is -4.15. The van der Waals surface area contributed by atoms with E-state index in [0.717, 1.165) is 6.55 Å². The highest BCUT2D eigenvalue weighted by Crippen LogP contribution is 2.20. The first-order valence-corrected chi connectivity index (χ1v) is 5.60. The van der Waals surface area contributed by atoms with E-state index in [1.807, 2.05) is 0 Å². The summed E-state index contributed by atoms with van der Waals surface area (Å²) in [6.45, 7) is 0.884. The topological polar surface area (TPSA) is 47.6 Å². The lowest BCUT2D eigenvalue weighted by molar-refractivity contribution is 0.573. The Morgan fingerprint density at radius 2 is 2.00 bits per heavy atom. The van der Waals surface area contributed by atoms with Crippen molar-refractivity contribution in [2.24, 2.45) is 5.92 Å². The van der Waals surface area contributed by atoms with Crippen LogP contribution in [0.3, 0.4) is 0 Å². The lowest BCUT2D eigenvalue weighted by Gasteiger charge is -2.07. The molecule has 0 aromatic heterocycles. The molecule has 0 aliphatic carbocycles. The van der Waals surface area contributed by atoms with Gasteiger partial charge < -0.3 is 0 Å². The van der Waals surface area contributed by atoms with Gasteiger partial charge in [-0.3, -0.25) is 8.22 Å². The van der Waals surface area contributed by atoms with Gasteiger partial charge in [-0.1, -0.05) is 0 Å². The minimum absolute atomic E-state index is 0.0903. The van der Waals surface area contributed by atoms with Gasteiger partial charge in [0.25, 0.3) is 0 Å². The van der Waals surface area contributed by atoms with Gasteiger partial charge in [-0.05, 0) is 6.55 Å². The predicted octanol–water partition coefficient (Wildman–Crippen LogP) is 2.05. The summed E-state index contributed by atoms with van der Waals surface area (Å²) in [5.41, 5.74) is 0. The maximum atomic E-state index is 12.4. The molecule has 0 aliphatic rings. The number of hydrogen-bond donors (Lipinski definition) is 0. The van der Waals surface area contributed by atoms with E-state index in [1.54, 1.807) is 12.1 Å². The second-order valence-corrected chi connectivity index (χ2v) is 5.01. The first-order chi connectivity index (χ1) is 4.99. The summed E-state index contributed by atoms with van der Waals surface area (Å²) >= 11 is 0. The van der Waals surface area contributed by atoms with Gasteiger partial charge in [0, 0.05) is 6.04 Å². The molecule has 1 atom stereocenters. The molecule has 0 radical (unpaired) electrons. The van der Waals surface area contributed by atoms with E-state index < -0.39 is 20.7 Å². The van der Waals surface area contributed by atoms with E-state index in [1.165, 1.54) is 0 Å². The summed E-state index contributed by atoms with van der Waals surface area (Å²) in [7, 11) is -4.15. The number of nitriles is 2. The average Bonchev–Trinajstić information content (AvgIpc) is 1.84. The highest BCUT2D eigenvalue weighted by Gasteiger charge is 2.31. The van der Waals surface area contributed by atoms with E-state index in [9.17, 15) is 8.22 Å². The maximum Gasteiger partial charge on any atom is 0.423 e. The van der Waals surface area contributed by atoms with Gasteiger partial charge in [-0.2, -0.15) is 10.5 Å². The molecule has 0 rings (SSSR count). The Kier molecular flexibility index (Phi) is 3.70. The van der Waals surface area contributed by atoms with Gasteiger partial charge in [-0.25, -0.2) is 0 Å². The Morgan fingerprint density at radius 3 is 2.27 bits per heavy atom. The molecule has 1 unspecified atom stereocenters. The summed E-state index contributed by atoms with van der Waals surface area (Å²) in [6.07, 6.45) is -0.0903. The fourth-order valence-corrected chi connectivity index (χ4v) is 1.81. The van der Waals surface area contributed by atoms with Crippen LogP contribution < -0.4 is 0 Å². The third-order valence-electron chi connectivity index (χ3n) is 1.13. The van der Waals surface area contributed by atoms with Crippen molar-refractivity contribution in [2.45, 2.75) is 19.0 Å². The zero-order chi connectivity index (χ0) is 8.91.